The first kappa shape index (κ1) is 62.6. The van der Waals surface area contributed by atoms with E-state index in [4.69, 9.17) is 14.4 Å². The largest absolute Gasteiger partial charge is 0.454 e. The number of rotatable bonds is 22. The quantitative estimate of drug-likeness (QED) is 0.0636. The maximum Gasteiger partial charge on any atom is 0.235 e. The van der Waals surface area contributed by atoms with Gasteiger partial charge in [-0.25, -0.2) is 9.97 Å². The SMILES string of the molecule is CCCCCCCCC1(CCCCCCCC)c2cc(-c3ccc(-c4ccc(C)cc4)cc3)ccc2-c2ccc(-c3cc(C)cc(-n4c5ccccc5c5cc(-c6ccc7c(c6)c6ccc8c9ccccc9oc8c6n7-c6nc(-c7ccccc7)cc(-c7ccccc7)n6)ccc54)c3)cc21. The second-order valence-electron chi connectivity index (χ2n) is 28.4. The Bertz CT molecular complexity index is 5640. The van der Waals surface area contributed by atoms with Gasteiger partial charge in [-0.3, -0.25) is 4.57 Å². The van der Waals surface area contributed by atoms with Crippen LogP contribution in [-0.2, 0) is 5.41 Å². The molecule has 0 saturated carbocycles. The summed E-state index contributed by atoms with van der Waals surface area (Å²) in [7, 11) is 0. The lowest BCUT2D eigenvalue weighted by Gasteiger charge is -2.33. The molecule has 0 aliphatic heterocycles. The molecule has 0 bridgehead atoms. The zero-order valence-electron chi connectivity index (χ0n) is 58.0. The van der Waals surface area contributed by atoms with E-state index in [1.54, 1.807) is 0 Å². The second kappa shape index (κ2) is 26.8. The summed E-state index contributed by atoms with van der Waals surface area (Å²) in [6, 6.07) is 99.3. The smallest absolute Gasteiger partial charge is 0.235 e. The molecule has 5 nitrogen and oxygen atoms in total. The average molecular weight is 1300 g/mol. The fraction of sp³-hybridized carbons (Fsp3) is 0.200. The number of hydrogen-bond acceptors (Lipinski definition) is 3. The van der Waals surface area contributed by atoms with Gasteiger partial charge < -0.3 is 8.98 Å². The van der Waals surface area contributed by atoms with Crippen LogP contribution in [0.4, 0.5) is 0 Å². The van der Waals surface area contributed by atoms with Crippen molar-refractivity contribution in [2.75, 3.05) is 0 Å². The summed E-state index contributed by atoms with van der Waals surface area (Å²) >= 11 is 0. The van der Waals surface area contributed by atoms with Crippen molar-refractivity contribution in [2.45, 2.75) is 123 Å². The van der Waals surface area contributed by atoms with E-state index in [-0.39, 0.29) is 5.41 Å². The number of benzene rings is 12. The van der Waals surface area contributed by atoms with E-state index in [9.17, 15) is 0 Å². The fourth-order valence-corrected chi connectivity index (χ4v) is 16.7. The van der Waals surface area contributed by atoms with Gasteiger partial charge in [-0.15, -0.1) is 0 Å². The molecule has 12 aromatic carbocycles. The lowest BCUT2D eigenvalue weighted by molar-refractivity contribution is 0.398. The minimum absolute atomic E-state index is 0.0939. The van der Waals surface area contributed by atoms with Crippen molar-refractivity contribution >= 4 is 65.6 Å². The van der Waals surface area contributed by atoms with Gasteiger partial charge in [0.2, 0.25) is 5.95 Å². The van der Waals surface area contributed by atoms with Crippen LogP contribution in [0, 0.1) is 13.8 Å². The van der Waals surface area contributed by atoms with Crippen molar-refractivity contribution in [2.24, 2.45) is 0 Å². The Morgan fingerprint density at radius 2 is 0.790 bits per heavy atom. The molecule has 17 rings (SSSR count). The Labute approximate surface area is 587 Å². The molecule has 0 saturated heterocycles. The Balaban J connectivity index is 0.766. The summed E-state index contributed by atoms with van der Waals surface area (Å²) in [6.07, 6.45) is 17.7. The third kappa shape index (κ3) is 11.4. The monoisotopic (exact) mass is 1300 g/mol. The molecule has 0 fully saturated rings. The predicted molar refractivity (Wildman–Crippen MR) is 422 cm³/mol. The lowest BCUT2D eigenvalue weighted by Crippen LogP contribution is -2.25. The van der Waals surface area contributed by atoms with Crippen molar-refractivity contribution in [3.05, 3.63) is 289 Å². The van der Waals surface area contributed by atoms with E-state index in [1.807, 2.05) is 6.07 Å². The van der Waals surface area contributed by atoms with Crippen molar-refractivity contribution in [3.8, 4) is 89.8 Å². The molecule has 4 heterocycles. The van der Waals surface area contributed by atoms with Crippen LogP contribution in [0.1, 0.15) is 126 Å². The summed E-state index contributed by atoms with van der Waals surface area (Å²) in [5.74, 6) is 0.585. The molecular weight excluding hydrogens is 1210 g/mol. The van der Waals surface area contributed by atoms with Crippen LogP contribution in [0.2, 0.25) is 0 Å². The molecule has 0 spiro atoms. The normalized spacial score (nSPS) is 12.6. The van der Waals surface area contributed by atoms with Crippen molar-refractivity contribution in [1.82, 2.24) is 19.1 Å². The maximum absolute atomic E-state index is 6.91. The van der Waals surface area contributed by atoms with Crippen LogP contribution in [-0.4, -0.2) is 19.1 Å². The number of fused-ring (bicyclic) bond motifs is 13. The molecule has 1 aliphatic carbocycles. The first-order valence-electron chi connectivity index (χ1n) is 36.8. The van der Waals surface area contributed by atoms with E-state index in [2.05, 4.69) is 298 Å². The molecule has 100 heavy (non-hydrogen) atoms. The van der Waals surface area contributed by atoms with Crippen LogP contribution >= 0.6 is 0 Å². The first-order valence-corrected chi connectivity index (χ1v) is 36.8. The van der Waals surface area contributed by atoms with Crippen LogP contribution in [0.5, 0.6) is 0 Å². The highest BCUT2D eigenvalue weighted by atomic mass is 16.3. The molecule has 0 unspecified atom stereocenters. The van der Waals surface area contributed by atoms with Gasteiger partial charge in [0.15, 0.2) is 5.58 Å². The number of hydrogen-bond donors (Lipinski definition) is 0. The molecule has 5 heteroatoms. The number of furan rings is 1. The van der Waals surface area contributed by atoms with Crippen molar-refractivity contribution < 1.29 is 4.42 Å². The third-order valence-electron chi connectivity index (χ3n) is 21.9. The van der Waals surface area contributed by atoms with Gasteiger partial charge in [0.25, 0.3) is 0 Å². The summed E-state index contributed by atoms with van der Waals surface area (Å²) in [6.45, 7) is 9.10. The van der Waals surface area contributed by atoms with E-state index in [0.717, 1.165) is 90.2 Å². The lowest BCUT2D eigenvalue weighted by atomic mass is 9.70. The number of aromatic nitrogens is 4. The predicted octanol–water partition coefficient (Wildman–Crippen LogP) is 27.0. The third-order valence-corrected chi connectivity index (χ3v) is 21.9. The van der Waals surface area contributed by atoms with E-state index in [0.29, 0.717) is 5.95 Å². The number of nitrogens with zero attached hydrogens (tertiary/aromatic N) is 4. The van der Waals surface area contributed by atoms with Gasteiger partial charge in [-0.05, 0) is 172 Å². The molecule has 4 aromatic heterocycles. The van der Waals surface area contributed by atoms with Gasteiger partial charge >= 0.3 is 0 Å². The van der Waals surface area contributed by atoms with Crippen LogP contribution in [0.15, 0.2) is 271 Å². The number of unbranched alkanes of at least 4 members (excludes halogenated alkanes) is 10. The van der Waals surface area contributed by atoms with Gasteiger partial charge in [-0.2, -0.15) is 0 Å². The minimum atomic E-state index is -0.0939. The highest BCUT2D eigenvalue weighted by molar-refractivity contribution is 6.22. The van der Waals surface area contributed by atoms with Crippen molar-refractivity contribution in [3.63, 3.8) is 0 Å². The molecule has 1 aliphatic rings. The molecule has 0 atom stereocenters. The first-order chi connectivity index (χ1) is 49.3. The number of para-hydroxylation sites is 2. The Hall–Kier alpha value is -10.9. The Morgan fingerprint density at radius 1 is 0.320 bits per heavy atom. The molecule has 0 radical (unpaired) electrons. The van der Waals surface area contributed by atoms with Crippen LogP contribution < -0.4 is 0 Å². The van der Waals surface area contributed by atoms with Gasteiger partial charge in [0.05, 0.1) is 27.9 Å². The summed E-state index contributed by atoms with van der Waals surface area (Å²) in [5, 5.41) is 6.75. The van der Waals surface area contributed by atoms with E-state index < -0.39 is 0 Å². The standard InChI is InChI=1S/C95H84N4O/c1-5-7-9-11-13-25-53-95(54-26-14-12-10-8-6-2)84-60-72(67-41-39-66(40-42-67)65-37-35-63(3)36-38-65)43-47-76(84)77-48-44-73(61-85(77)95)74-55-64(4)56-75(57-74)98-88-33-23-21-31-78(88)82-58-70(45-51-89(82)98)71-46-52-90-83(59-71)80-49-50-81-79-32-22-24-34-91(79)100-93(81)92(80)99(90)94-96-86(68-27-17-15-18-28-68)62-87(97-94)69-29-19-16-20-30-69/h15-24,27-52,55-62H,5-14,25-26,53-54H2,1-4H3. The highest BCUT2D eigenvalue weighted by Gasteiger charge is 2.43. The van der Waals surface area contributed by atoms with Gasteiger partial charge in [-0.1, -0.05) is 291 Å². The second-order valence-corrected chi connectivity index (χ2v) is 28.4. The van der Waals surface area contributed by atoms with Gasteiger partial charge in [0.1, 0.15) is 11.1 Å². The minimum Gasteiger partial charge on any atom is -0.454 e. The van der Waals surface area contributed by atoms with Crippen LogP contribution in [0.25, 0.3) is 155 Å². The molecule has 0 amide bonds. The molecule has 490 valence electrons. The van der Waals surface area contributed by atoms with Gasteiger partial charge in [0, 0.05) is 54.5 Å². The molecule has 16 aromatic rings. The molecular formula is C95H84N4O. The number of aryl methyl sites for hydroxylation is 2. The highest BCUT2D eigenvalue weighted by Crippen LogP contribution is 2.56. The fourth-order valence-electron chi connectivity index (χ4n) is 16.7. The zero-order valence-corrected chi connectivity index (χ0v) is 58.0. The van der Waals surface area contributed by atoms with Crippen molar-refractivity contribution in [1.29, 1.82) is 0 Å². The van der Waals surface area contributed by atoms with E-state index >= 15 is 0 Å². The van der Waals surface area contributed by atoms with E-state index in [1.165, 1.54) is 171 Å². The summed E-state index contributed by atoms with van der Waals surface area (Å²) in [4.78, 5) is 10.9. The summed E-state index contributed by atoms with van der Waals surface area (Å²) in [5.41, 5.74) is 29.1. The Morgan fingerprint density at radius 3 is 1.41 bits per heavy atom. The zero-order chi connectivity index (χ0) is 67.3. The Kier molecular flexibility index (Phi) is 16.8. The maximum atomic E-state index is 6.91. The molecule has 0 N–H and O–H groups in total. The average Bonchev–Trinajstić information content (AvgIpc) is 1.56. The van der Waals surface area contributed by atoms with Crippen LogP contribution in [0.3, 0.4) is 0 Å². The summed E-state index contributed by atoms with van der Waals surface area (Å²) < 4.78 is 11.7. The topological polar surface area (TPSA) is 48.8 Å².